The van der Waals surface area contributed by atoms with Gasteiger partial charge in [0.2, 0.25) is 0 Å². The minimum atomic E-state index is 0.679. The first kappa shape index (κ1) is 14.1. The summed E-state index contributed by atoms with van der Waals surface area (Å²) in [5.41, 5.74) is 0. The zero-order valence-electron chi connectivity index (χ0n) is 11.1. The summed E-state index contributed by atoms with van der Waals surface area (Å²) in [4.78, 5) is 8.82. The molecule has 1 heterocycles. The molecule has 0 radical (unpaired) electrons. The Morgan fingerprint density at radius 2 is 2.06 bits per heavy atom. The van der Waals surface area contributed by atoms with Gasteiger partial charge < -0.3 is 10.6 Å². The number of hydrogen-bond acceptors (Lipinski definition) is 5. The molecule has 0 aliphatic heterocycles. The normalized spacial score (nSPS) is 12.2. The second-order valence-electron chi connectivity index (χ2n) is 3.92. The lowest BCUT2D eigenvalue weighted by Crippen LogP contribution is -2.10. The Morgan fingerprint density at radius 1 is 1.35 bits per heavy atom. The van der Waals surface area contributed by atoms with Crippen molar-refractivity contribution in [3.8, 4) is 0 Å². The van der Waals surface area contributed by atoms with Crippen LogP contribution in [-0.2, 0) is 6.42 Å². The van der Waals surface area contributed by atoms with Gasteiger partial charge in [-0.2, -0.15) is 11.8 Å². The molecule has 0 aromatic carbocycles. The minimum absolute atomic E-state index is 0.679. The van der Waals surface area contributed by atoms with Gasteiger partial charge in [-0.15, -0.1) is 0 Å². The molecule has 0 bridgehead atoms. The molecule has 2 N–H and O–H groups in total. The van der Waals surface area contributed by atoms with Crippen molar-refractivity contribution in [2.45, 2.75) is 31.9 Å². The Kier molecular flexibility index (Phi) is 6.11. The first-order valence-electron chi connectivity index (χ1n) is 6.02. The maximum Gasteiger partial charge on any atom is 0.132 e. The van der Waals surface area contributed by atoms with Crippen LogP contribution >= 0.6 is 11.8 Å². The van der Waals surface area contributed by atoms with Crippen molar-refractivity contribution >= 4 is 23.4 Å². The fourth-order valence-electron chi connectivity index (χ4n) is 1.40. The third kappa shape index (κ3) is 4.81. The number of nitrogens with zero attached hydrogens (tertiary/aromatic N) is 2. The summed E-state index contributed by atoms with van der Waals surface area (Å²) in [5, 5.41) is 7.09. The van der Waals surface area contributed by atoms with E-state index in [1.165, 1.54) is 0 Å². The van der Waals surface area contributed by atoms with Crippen molar-refractivity contribution in [1.82, 2.24) is 9.97 Å². The lowest BCUT2D eigenvalue weighted by molar-refractivity contribution is 0.844. The molecule has 0 spiro atoms. The standard InChI is InChI=1S/C12H22N4S/c1-5-10-15-11(13-3)8-12(16-10)14-7-6-9(2)17-4/h8-9H,5-7H2,1-4H3,(H2,13,14,15,16). The predicted molar refractivity (Wildman–Crippen MR) is 77.0 cm³/mol. The van der Waals surface area contributed by atoms with Crippen LogP contribution in [-0.4, -0.2) is 35.1 Å². The quantitative estimate of drug-likeness (QED) is 0.783. The highest BCUT2D eigenvalue weighted by Crippen LogP contribution is 2.13. The van der Waals surface area contributed by atoms with Gasteiger partial charge in [-0.05, 0) is 12.7 Å². The van der Waals surface area contributed by atoms with Crippen LogP contribution in [0.1, 0.15) is 26.1 Å². The Balaban J connectivity index is 2.57. The summed E-state index contributed by atoms with van der Waals surface area (Å²) in [6.07, 6.45) is 4.14. The summed E-state index contributed by atoms with van der Waals surface area (Å²) in [5.74, 6) is 2.66. The number of rotatable bonds is 7. The highest BCUT2D eigenvalue weighted by Gasteiger charge is 2.03. The van der Waals surface area contributed by atoms with E-state index in [1.807, 2.05) is 24.9 Å². The van der Waals surface area contributed by atoms with Crippen LogP contribution in [0, 0.1) is 0 Å². The van der Waals surface area contributed by atoms with Gasteiger partial charge in [0.25, 0.3) is 0 Å². The average Bonchev–Trinajstić information content (AvgIpc) is 2.37. The van der Waals surface area contributed by atoms with Crippen LogP contribution in [0.25, 0.3) is 0 Å². The van der Waals surface area contributed by atoms with Crippen LogP contribution < -0.4 is 10.6 Å². The zero-order chi connectivity index (χ0) is 12.7. The Labute approximate surface area is 108 Å². The van der Waals surface area contributed by atoms with Crippen LogP contribution in [0.2, 0.25) is 0 Å². The van der Waals surface area contributed by atoms with Crippen molar-refractivity contribution < 1.29 is 0 Å². The van der Waals surface area contributed by atoms with E-state index in [0.717, 1.165) is 36.8 Å². The first-order chi connectivity index (χ1) is 8.19. The van der Waals surface area contributed by atoms with E-state index in [1.54, 1.807) is 0 Å². The molecule has 1 aromatic heterocycles. The van der Waals surface area contributed by atoms with Gasteiger partial charge in [0.05, 0.1) is 0 Å². The lowest BCUT2D eigenvalue weighted by atomic mass is 10.3. The minimum Gasteiger partial charge on any atom is -0.373 e. The molecule has 1 rings (SSSR count). The molecule has 5 heteroatoms. The number of aromatic nitrogens is 2. The summed E-state index contributed by atoms with van der Waals surface area (Å²) < 4.78 is 0. The molecule has 4 nitrogen and oxygen atoms in total. The van der Waals surface area contributed by atoms with Crippen molar-refractivity contribution in [3.05, 3.63) is 11.9 Å². The van der Waals surface area contributed by atoms with Crippen LogP contribution in [0.4, 0.5) is 11.6 Å². The summed E-state index contributed by atoms with van der Waals surface area (Å²) in [6.45, 7) is 5.25. The molecular formula is C12H22N4S. The summed E-state index contributed by atoms with van der Waals surface area (Å²) in [6, 6.07) is 1.95. The smallest absolute Gasteiger partial charge is 0.132 e. The second-order valence-corrected chi connectivity index (χ2v) is 5.20. The predicted octanol–water partition coefficient (Wildman–Crippen LogP) is 2.63. The molecule has 1 unspecified atom stereocenters. The Morgan fingerprint density at radius 3 is 2.65 bits per heavy atom. The number of thioether (sulfide) groups is 1. The molecule has 0 aliphatic carbocycles. The number of anilines is 2. The molecule has 0 saturated carbocycles. The van der Waals surface area contributed by atoms with E-state index in [9.17, 15) is 0 Å². The Hall–Kier alpha value is -0.970. The fourth-order valence-corrected chi connectivity index (χ4v) is 1.75. The molecule has 96 valence electrons. The molecule has 0 saturated heterocycles. The first-order valence-corrected chi connectivity index (χ1v) is 7.30. The monoisotopic (exact) mass is 254 g/mol. The molecule has 17 heavy (non-hydrogen) atoms. The summed E-state index contributed by atoms with van der Waals surface area (Å²) >= 11 is 1.89. The highest BCUT2D eigenvalue weighted by molar-refractivity contribution is 7.99. The van der Waals surface area contributed by atoms with E-state index < -0.39 is 0 Å². The van der Waals surface area contributed by atoms with Crippen molar-refractivity contribution in [2.24, 2.45) is 0 Å². The molecule has 0 amide bonds. The largest absolute Gasteiger partial charge is 0.373 e. The van der Waals surface area contributed by atoms with E-state index in [-0.39, 0.29) is 0 Å². The topological polar surface area (TPSA) is 49.8 Å². The Bertz CT molecular complexity index is 321. The zero-order valence-corrected chi connectivity index (χ0v) is 11.9. The maximum absolute atomic E-state index is 4.45. The second kappa shape index (κ2) is 7.37. The van der Waals surface area contributed by atoms with Crippen molar-refractivity contribution in [3.63, 3.8) is 0 Å². The number of hydrogen-bond donors (Lipinski definition) is 2. The van der Waals surface area contributed by atoms with Crippen LogP contribution in [0.15, 0.2) is 6.07 Å². The highest BCUT2D eigenvalue weighted by atomic mass is 32.2. The molecular weight excluding hydrogens is 232 g/mol. The molecule has 0 aliphatic rings. The average molecular weight is 254 g/mol. The van der Waals surface area contributed by atoms with Gasteiger partial charge in [-0.3, -0.25) is 0 Å². The maximum atomic E-state index is 4.45. The van der Waals surface area contributed by atoms with Gasteiger partial charge in [-0.1, -0.05) is 13.8 Å². The van der Waals surface area contributed by atoms with Crippen LogP contribution in [0.5, 0.6) is 0 Å². The van der Waals surface area contributed by atoms with E-state index in [4.69, 9.17) is 0 Å². The van der Waals surface area contributed by atoms with E-state index >= 15 is 0 Å². The third-order valence-electron chi connectivity index (χ3n) is 2.60. The number of aryl methyl sites for hydroxylation is 1. The molecule has 0 fully saturated rings. The number of nitrogens with one attached hydrogen (secondary N) is 2. The van der Waals surface area contributed by atoms with Gasteiger partial charge in [0.1, 0.15) is 17.5 Å². The van der Waals surface area contributed by atoms with E-state index in [0.29, 0.717) is 5.25 Å². The van der Waals surface area contributed by atoms with Gasteiger partial charge in [0, 0.05) is 31.3 Å². The van der Waals surface area contributed by atoms with Gasteiger partial charge in [0.15, 0.2) is 0 Å². The van der Waals surface area contributed by atoms with Crippen molar-refractivity contribution in [2.75, 3.05) is 30.5 Å². The fraction of sp³-hybridized carbons (Fsp3) is 0.667. The molecule has 1 aromatic rings. The molecule has 1 atom stereocenters. The van der Waals surface area contributed by atoms with E-state index in [2.05, 4.69) is 40.7 Å². The SMILES string of the molecule is CCc1nc(NC)cc(NCCC(C)SC)n1. The summed E-state index contributed by atoms with van der Waals surface area (Å²) in [7, 11) is 1.88. The lowest BCUT2D eigenvalue weighted by Gasteiger charge is -2.11. The van der Waals surface area contributed by atoms with Crippen molar-refractivity contribution in [1.29, 1.82) is 0 Å². The van der Waals surface area contributed by atoms with Crippen LogP contribution in [0.3, 0.4) is 0 Å². The van der Waals surface area contributed by atoms with Gasteiger partial charge in [-0.25, -0.2) is 9.97 Å². The third-order valence-corrected chi connectivity index (χ3v) is 3.64. The van der Waals surface area contributed by atoms with Gasteiger partial charge >= 0.3 is 0 Å².